The zero-order valence-electron chi connectivity index (χ0n) is 24.6. The largest absolute Gasteiger partial charge is 0.493 e. The highest BCUT2D eigenvalue weighted by atomic mass is 35.5. The van der Waals surface area contributed by atoms with Gasteiger partial charge < -0.3 is 24.8 Å². The number of halogens is 2. The topological polar surface area (TPSA) is 54.5 Å². The van der Waals surface area contributed by atoms with Crippen LogP contribution in [-0.4, -0.2) is 91.3 Å². The lowest BCUT2D eigenvalue weighted by atomic mass is 9.92. The van der Waals surface area contributed by atoms with Crippen LogP contribution in [0.25, 0.3) is 0 Å². The van der Waals surface area contributed by atoms with Crippen molar-refractivity contribution >= 4 is 40.7 Å². The molecule has 41 heavy (non-hydrogen) atoms. The van der Waals surface area contributed by atoms with Crippen LogP contribution in [0.15, 0.2) is 53.9 Å². The predicted octanol–water partition coefficient (Wildman–Crippen LogP) is 5.76. The summed E-state index contributed by atoms with van der Waals surface area (Å²) in [6, 6.07) is 13.1. The number of piperazine rings is 1. The van der Waals surface area contributed by atoms with Crippen LogP contribution in [0.3, 0.4) is 0 Å². The van der Waals surface area contributed by atoms with Crippen molar-refractivity contribution in [1.82, 2.24) is 19.3 Å². The minimum absolute atomic E-state index is 0.165. The third-order valence-corrected chi connectivity index (χ3v) is 8.71. The van der Waals surface area contributed by atoms with Crippen molar-refractivity contribution < 1.29 is 9.53 Å². The molecule has 3 aliphatic rings. The highest BCUT2D eigenvalue weighted by molar-refractivity contribution is 6.34. The van der Waals surface area contributed by atoms with Crippen LogP contribution in [0.5, 0.6) is 5.75 Å². The Balaban J connectivity index is 1.15. The molecule has 0 aromatic heterocycles. The molecule has 0 saturated carbocycles. The molecule has 5 rings (SSSR count). The molecule has 222 valence electrons. The summed E-state index contributed by atoms with van der Waals surface area (Å²) in [6.07, 6.45) is 2.18. The SMILES string of the molecule is CN1C2=C(CN(C(=O)c3ccc(OCCCN4CCN(CCC(C)(C)C)CC4)cc3Cl)c3ccccc3N2)CN1Cl. The molecule has 0 aliphatic carbocycles. The summed E-state index contributed by atoms with van der Waals surface area (Å²) in [5, 5.41) is 5.69. The van der Waals surface area contributed by atoms with Gasteiger partial charge in [-0.05, 0) is 55.1 Å². The van der Waals surface area contributed by atoms with Gasteiger partial charge >= 0.3 is 0 Å². The average Bonchev–Trinajstić information content (AvgIpc) is 3.10. The van der Waals surface area contributed by atoms with Crippen molar-refractivity contribution in [3.05, 3.63) is 64.4 Å². The van der Waals surface area contributed by atoms with Crippen molar-refractivity contribution in [2.45, 2.75) is 33.6 Å². The van der Waals surface area contributed by atoms with E-state index in [4.69, 9.17) is 28.1 Å². The third kappa shape index (κ3) is 7.30. The first kappa shape index (κ1) is 30.0. The van der Waals surface area contributed by atoms with Crippen molar-refractivity contribution in [2.75, 3.05) is 76.2 Å². The van der Waals surface area contributed by atoms with E-state index in [1.165, 1.54) is 13.0 Å². The van der Waals surface area contributed by atoms with E-state index in [0.29, 0.717) is 41.4 Å². The molecule has 10 heteroatoms. The Morgan fingerprint density at radius 2 is 1.71 bits per heavy atom. The maximum Gasteiger partial charge on any atom is 0.260 e. The van der Waals surface area contributed by atoms with E-state index in [1.54, 1.807) is 21.6 Å². The molecule has 0 bridgehead atoms. The molecule has 1 fully saturated rings. The number of carbonyl (C=O) groups excluding carboxylic acids is 1. The van der Waals surface area contributed by atoms with Crippen LogP contribution in [0, 0.1) is 5.41 Å². The molecule has 1 N–H and O–H groups in total. The molecule has 0 radical (unpaired) electrons. The van der Waals surface area contributed by atoms with E-state index < -0.39 is 0 Å². The quantitative estimate of drug-likeness (QED) is 0.305. The van der Waals surface area contributed by atoms with Gasteiger partial charge in [0.25, 0.3) is 5.91 Å². The summed E-state index contributed by atoms with van der Waals surface area (Å²) >= 11 is 13.0. The van der Waals surface area contributed by atoms with E-state index in [1.807, 2.05) is 42.4 Å². The van der Waals surface area contributed by atoms with E-state index in [-0.39, 0.29) is 5.91 Å². The highest BCUT2D eigenvalue weighted by Gasteiger charge is 2.34. The Morgan fingerprint density at radius 1 is 1.00 bits per heavy atom. The number of hydrazine groups is 1. The Bertz CT molecular complexity index is 1270. The van der Waals surface area contributed by atoms with Gasteiger partial charge in [-0.3, -0.25) is 9.80 Å². The molecule has 2 aromatic rings. The van der Waals surface area contributed by atoms with Gasteiger partial charge in [-0.2, -0.15) is 0 Å². The Hall–Kier alpha value is -2.49. The number of anilines is 2. The fraction of sp³-hybridized carbons (Fsp3) is 0.516. The van der Waals surface area contributed by atoms with E-state index in [2.05, 4.69) is 35.9 Å². The van der Waals surface area contributed by atoms with Crippen LogP contribution < -0.4 is 15.0 Å². The smallest absolute Gasteiger partial charge is 0.260 e. The van der Waals surface area contributed by atoms with Crippen molar-refractivity contribution in [3.63, 3.8) is 0 Å². The second kappa shape index (κ2) is 12.8. The van der Waals surface area contributed by atoms with E-state index in [9.17, 15) is 4.79 Å². The van der Waals surface area contributed by atoms with Gasteiger partial charge in [-0.25, -0.2) is 0 Å². The lowest BCUT2D eigenvalue weighted by molar-refractivity contribution is 0.0989. The zero-order valence-corrected chi connectivity index (χ0v) is 26.1. The van der Waals surface area contributed by atoms with Crippen molar-refractivity contribution in [2.24, 2.45) is 5.41 Å². The second-order valence-corrected chi connectivity index (χ2v) is 13.1. The van der Waals surface area contributed by atoms with Crippen LogP contribution in [0.2, 0.25) is 5.02 Å². The Kier molecular flexibility index (Phi) is 9.36. The standard InChI is InChI=1S/C31H42Cl2N6O2/c1-31(2,3)12-14-37-17-15-36(16-18-37)13-7-19-41-24-10-11-25(26(32)20-24)30(40)38-21-23-22-39(33)35(4)29(23)34-27-8-5-6-9-28(27)38/h5-6,8-11,20,34H,7,12-19,21-22H2,1-4H3. The highest BCUT2D eigenvalue weighted by Crippen LogP contribution is 2.37. The van der Waals surface area contributed by atoms with Crippen molar-refractivity contribution in [1.29, 1.82) is 0 Å². The third-order valence-electron chi connectivity index (χ3n) is 8.05. The number of nitrogens with zero attached hydrogens (tertiary/aromatic N) is 5. The van der Waals surface area contributed by atoms with Gasteiger partial charge in [0.2, 0.25) is 0 Å². The number of nitrogens with one attached hydrogen (secondary N) is 1. The normalized spacial score (nSPS) is 18.7. The van der Waals surface area contributed by atoms with Crippen LogP contribution in [-0.2, 0) is 0 Å². The summed E-state index contributed by atoms with van der Waals surface area (Å²) in [4.78, 5) is 20.7. The second-order valence-electron chi connectivity index (χ2n) is 12.3. The number of para-hydroxylation sites is 2. The first-order valence-electron chi connectivity index (χ1n) is 14.5. The van der Waals surface area contributed by atoms with Gasteiger partial charge in [0.1, 0.15) is 11.6 Å². The minimum atomic E-state index is -0.165. The van der Waals surface area contributed by atoms with Crippen LogP contribution in [0.1, 0.15) is 44.0 Å². The molecule has 8 nitrogen and oxygen atoms in total. The number of rotatable bonds is 8. The van der Waals surface area contributed by atoms with E-state index >= 15 is 0 Å². The molecule has 2 aromatic carbocycles. The molecule has 1 saturated heterocycles. The van der Waals surface area contributed by atoms with E-state index in [0.717, 1.165) is 61.9 Å². The van der Waals surface area contributed by atoms with Crippen LogP contribution >= 0.6 is 23.4 Å². The molecular weight excluding hydrogens is 559 g/mol. The Morgan fingerprint density at radius 3 is 2.41 bits per heavy atom. The van der Waals surface area contributed by atoms with Gasteiger partial charge in [0.05, 0.1) is 41.7 Å². The van der Waals surface area contributed by atoms with Crippen LogP contribution in [0.4, 0.5) is 11.4 Å². The monoisotopic (exact) mass is 600 g/mol. The minimum Gasteiger partial charge on any atom is -0.493 e. The summed E-state index contributed by atoms with van der Waals surface area (Å²) in [6.45, 7) is 15.2. The number of ether oxygens (including phenoxy) is 1. The molecule has 0 spiro atoms. The lowest BCUT2D eigenvalue weighted by Gasteiger charge is -2.35. The Labute approximate surface area is 254 Å². The molecule has 0 atom stereocenters. The fourth-order valence-electron chi connectivity index (χ4n) is 5.48. The molecule has 3 heterocycles. The van der Waals surface area contributed by atoms with Crippen molar-refractivity contribution in [3.8, 4) is 5.75 Å². The zero-order chi connectivity index (χ0) is 29.1. The molecule has 3 aliphatic heterocycles. The van der Waals surface area contributed by atoms with Gasteiger partial charge in [-0.15, -0.1) is 4.53 Å². The molecule has 1 amide bonds. The maximum atomic E-state index is 13.8. The number of hydrogen-bond donors (Lipinski definition) is 1. The summed E-state index contributed by atoms with van der Waals surface area (Å²) in [5.74, 6) is 1.40. The number of benzene rings is 2. The molecular formula is C31H42Cl2N6O2. The predicted molar refractivity (Wildman–Crippen MR) is 168 cm³/mol. The summed E-state index contributed by atoms with van der Waals surface area (Å²) in [7, 11) is 1.90. The number of hydrogen-bond acceptors (Lipinski definition) is 7. The first-order chi connectivity index (χ1) is 19.6. The van der Waals surface area contributed by atoms with Gasteiger partial charge in [0.15, 0.2) is 0 Å². The lowest BCUT2D eigenvalue weighted by Crippen LogP contribution is -2.47. The molecule has 0 unspecified atom stereocenters. The van der Waals surface area contributed by atoms with Gasteiger partial charge in [-0.1, -0.05) is 44.5 Å². The fourth-order valence-corrected chi connectivity index (χ4v) is 5.95. The summed E-state index contributed by atoms with van der Waals surface area (Å²) < 4.78 is 7.62. The number of amides is 1. The number of carbonyl (C=O) groups is 1. The number of fused-ring (bicyclic) bond motifs is 1. The maximum absolute atomic E-state index is 13.8. The van der Waals surface area contributed by atoms with Gasteiger partial charge in [0, 0.05) is 57.1 Å². The average molecular weight is 602 g/mol. The first-order valence-corrected chi connectivity index (χ1v) is 15.2. The summed E-state index contributed by atoms with van der Waals surface area (Å²) in [5.41, 5.74) is 3.49.